The number of halogens is 2. The Morgan fingerprint density at radius 2 is 1.97 bits per heavy atom. The maximum atomic E-state index is 12.9. The average Bonchev–Trinajstić information content (AvgIpc) is 3.07. The van der Waals surface area contributed by atoms with E-state index in [0.717, 1.165) is 10.4 Å². The molecule has 2 N–H and O–H groups in total. The number of alkyl halides is 2. The van der Waals surface area contributed by atoms with Gasteiger partial charge in [0.25, 0.3) is 0 Å². The molecule has 0 aliphatic carbocycles. The Bertz CT molecular complexity index is 1100. The lowest BCUT2D eigenvalue weighted by atomic mass is 9.90. The highest BCUT2D eigenvalue weighted by atomic mass is 32.1. The predicted molar refractivity (Wildman–Crippen MR) is 110 cm³/mol. The Morgan fingerprint density at radius 3 is 2.70 bits per heavy atom. The standard InChI is InChI=1S/C21H17F2N3O3S/c1-11-18(12-6-8-13(9-7-12)29-20(22)23)25-21(30-11)26-19(28)15-10-17(27)24-16-5-3-2-4-14(15)16/h2-9,15,20H,10H2,1H3,(H,24,27)(H,25,26,28). The molecule has 0 radical (unpaired) electrons. The van der Waals surface area contributed by atoms with E-state index in [0.29, 0.717) is 22.1 Å². The summed E-state index contributed by atoms with van der Waals surface area (Å²) in [5.74, 6) is -1.06. The zero-order valence-electron chi connectivity index (χ0n) is 15.8. The third-order valence-electron chi connectivity index (χ3n) is 4.70. The second kappa shape index (κ2) is 8.19. The molecule has 1 aliphatic rings. The van der Waals surface area contributed by atoms with E-state index in [4.69, 9.17) is 0 Å². The number of nitrogens with zero attached hydrogens (tertiary/aromatic N) is 1. The first kappa shape index (κ1) is 20.0. The van der Waals surface area contributed by atoms with Crippen molar-refractivity contribution < 1.29 is 23.1 Å². The predicted octanol–water partition coefficient (Wildman–Crippen LogP) is 4.78. The zero-order chi connectivity index (χ0) is 21.3. The summed E-state index contributed by atoms with van der Waals surface area (Å²) in [6.07, 6.45) is 0.0612. The fourth-order valence-electron chi connectivity index (χ4n) is 3.35. The van der Waals surface area contributed by atoms with Crippen molar-refractivity contribution in [1.29, 1.82) is 0 Å². The number of aromatic nitrogens is 1. The number of hydrogen-bond acceptors (Lipinski definition) is 5. The minimum Gasteiger partial charge on any atom is -0.435 e. The molecule has 154 valence electrons. The van der Waals surface area contributed by atoms with Crippen molar-refractivity contribution in [2.45, 2.75) is 25.9 Å². The van der Waals surface area contributed by atoms with Crippen LogP contribution in [0.5, 0.6) is 5.75 Å². The van der Waals surface area contributed by atoms with Gasteiger partial charge < -0.3 is 15.4 Å². The largest absolute Gasteiger partial charge is 0.435 e. The van der Waals surface area contributed by atoms with E-state index in [-0.39, 0.29) is 24.0 Å². The van der Waals surface area contributed by atoms with Gasteiger partial charge in [-0.15, -0.1) is 11.3 Å². The van der Waals surface area contributed by atoms with Gasteiger partial charge in [0.1, 0.15) is 5.75 Å². The number of rotatable bonds is 5. The van der Waals surface area contributed by atoms with Crippen LogP contribution in [0.4, 0.5) is 19.6 Å². The number of aryl methyl sites for hydroxylation is 1. The number of ether oxygens (including phenoxy) is 1. The van der Waals surface area contributed by atoms with E-state index in [1.165, 1.54) is 23.5 Å². The summed E-state index contributed by atoms with van der Waals surface area (Å²) in [5, 5.41) is 5.98. The summed E-state index contributed by atoms with van der Waals surface area (Å²) in [6, 6.07) is 13.4. The summed E-state index contributed by atoms with van der Waals surface area (Å²) in [5.41, 5.74) is 2.75. The van der Waals surface area contributed by atoms with Crippen molar-refractivity contribution in [3.05, 3.63) is 59.0 Å². The molecule has 1 aromatic heterocycles. The monoisotopic (exact) mass is 429 g/mol. The van der Waals surface area contributed by atoms with E-state index in [9.17, 15) is 18.4 Å². The average molecular weight is 429 g/mol. The molecule has 2 amide bonds. The lowest BCUT2D eigenvalue weighted by Crippen LogP contribution is -2.30. The Kier molecular flexibility index (Phi) is 5.45. The molecule has 2 heterocycles. The van der Waals surface area contributed by atoms with Crippen LogP contribution in [-0.4, -0.2) is 23.4 Å². The molecule has 30 heavy (non-hydrogen) atoms. The molecule has 1 aliphatic heterocycles. The number of carbonyl (C=O) groups is 2. The molecule has 1 atom stereocenters. The van der Waals surface area contributed by atoms with E-state index in [2.05, 4.69) is 20.4 Å². The second-order valence-corrected chi connectivity index (χ2v) is 7.91. The van der Waals surface area contributed by atoms with Crippen molar-refractivity contribution in [2.75, 3.05) is 10.6 Å². The van der Waals surface area contributed by atoms with Crippen molar-refractivity contribution >= 4 is 34.0 Å². The molecule has 0 fully saturated rings. The highest BCUT2D eigenvalue weighted by molar-refractivity contribution is 7.16. The third kappa shape index (κ3) is 4.16. The van der Waals surface area contributed by atoms with E-state index in [1.54, 1.807) is 24.3 Å². The molecule has 0 saturated carbocycles. The smallest absolute Gasteiger partial charge is 0.387 e. The summed E-state index contributed by atoms with van der Waals surface area (Å²) >= 11 is 1.30. The van der Waals surface area contributed by atoms with E-state index >= 15 is 0 Å². The molecule has 2 aromatic carbocycles. The van der Waals surface area contributed by atoms with Crippen LogP contribution in [0, 0.1) is 6.92 Å². The minimum absolute atomic E-state index is 0.0596. The van der Waals surface area contributed by atoms with Crippen LogP contribution in [0.3, 0.4) is 0 Å². The maximum Gasteiger partial charge on any atom is 0.387 e. The summed E-state index contributed by atoms with van der Waals surface area (Å²) in [6.45, 7) is -1.03. The van der Waals surface area contributed by atoms with Gasteiger partial charge in [0.2, 0.25) is 11.8 Å². The number of para-hydroxylation sites is 1. The van der Waals surface area contributed by atoms with Gasteiger partial charge in [-0.05, 0) is 42.8 Å². The highest BCUT2D eigenvalue weighted by Crippen LogP contribution is 2.35. The van der Waals surface area contributed by atoms with Gasteiger partial charge >= 0.3 is 6.61 Å². The molecule has 9 heteroatoms. The van der Waals surface area contributed by atoms with Crippen LogP contribution in [-0.2, 0) is 9.59 Å². The van der Waals surface area contributed by atoms with Gasteiger partial charge in [0.05, 0.1) is 11.6 Å². The van der Waals surface area contributed by atoms with E-state index in [1.807, 2.05) is 19.1 Å². The number of nitrogens with one attached hydrogen (secondary N) is 2. The van der Waals surface area contributed by atoms with Crippen LogP contribution in [0.25, 0.3) is 11.3 Å². The van der Waals surface area contributed by atoms with Crippen molar-refractivity contribution in [3.63, 3.8) is 0 Å². The quantitative estimate of drug-likeness (QED) is 0.612. The highest BCUT2D eigenvalue weighted by Gasteiger charge is 2.31. The molecule has 1 unspecified atom stereocenters. The fraction of sp³-hybridized carbons (Fsp3) is 0.190. The number of amides is 2. The first-order chi connectivity index (χ1) is 14.4. The van der Waals surface area contributed by atoms with Gasteiger partial charge in [-0.2, -0.15) is 8.78 Å². The normalized spacial score (nSPS) is 15.5. The first-order valence-electron chi connectivity index (χ1n) is 9.13. The Hall–Kier alpha value is -3.33. The lowest BCUT2D eigenvalue weighted by Gasteiger charge is -2.24. The van der Waals surface area contributed by atoms with Gasteiger partial charge in [0, 0.05) is 22.5 Å². The minimum atomic E-state index is -2.88. The second-order valence-electron chi connectivity index (χ2n) is 6.71. The number of fused-ring (bicyclic) bond motifs is 1. The molecule has 0 bridgehead atoms. The number of thiazole rings is 1. The third-order valence-corrected chi connectivity index (χ3v) is 5.58. The van der Waals surface area contributed by atoms with Gasteiger partial charge in [-0.3, -0.25) is 9.59 Å². The Labute approximate surface area is 174 Å². The molecule has 3 aromatic rings. The van der Waals surface area contributed by atoms with Gasteiger partial charge in [-0.1, -0.05) is 18.2 Å². The van der Waals surface area contributed by atoms with Crippen LogP contribution < -0.4 is 15.4 Å². The number of hydrogen-bond donors (Lipinski definition) is 2. The summed E-state index contributed by atoms with van der Waals surface area (Å²) in [7, 11) is 0. The van der Waals surface area contributed by atoms with Crippen molar-refractivity contribution in [2.24, 2.45) is 0 Å². The SMILES string of the molecule is Cc1sc(NC(=O)C2CC(=O)Nc3ccccc32)nc1-c1ccc(OC(F)F)cc1. The zero-order valence-corrected chi connectivity index (χ0v) is 16.6. The fourth-order valence-corrected chi connectivity index (χ4v) is 4.19. The van der Waals surface area contributed by atoms with Gasteiger partial charge in [0.15, 0.2) is 5.13 Å². The van der Waals surface area contributed by atoms with E-state index < -0.39 is 12.5 Å². The molecule has 6 nitrogen and oxygen atoms in total. The van der Waals surface area contributed by atoms with Crippen LogP contribution in [0.1, 0.15) is 22.8 Å². The number of anilines is 2. The topological polar surface area (TPSA) is 80.3 Å². The first-order valence-corrected chi connectivity index (χ1v) is 9.94. The Balaban J connectivity index is 1.53. The lowest BCUT2D eigenvalue weighted by molar-refractivity contribution is -0.123. The summed E-state index contributed by atoms with van der Waals surface area (Å²) in [4.78, 5) is 30.2. The summed E-state index contributed by atoms with van der Waals surface area (Å²) < 4.78 is 29.0. The number of carbonyl (C=O) groups excluding carboxylic acids is 2. The van der Waals surface area contributed by atoms with Crippen molar-refractivity contribution in [3.8, 4) is 17.0 Å². The molecule has 0 spiro atoms. The van der Waals surface area contributed by atoms with Crippen LogP contribution in [0.15, 0.2) is 48.5 Å². The molecular formula is C21H17F2N3O3S. The van der Waals surface area contributed by atoms with Crippen LogP contribution in [0.2, 0.25) is 0 Å². The van der Waals surface area contributed by atoms with Crippen LogP contribution >= 0.6 is 11.3 Å². The molecule has 4 rings (SSSR count). The number of benzene rings is 2. The maximum absolute atomic E-state index is 12.9. The van der Waals surface area contributed by atoms with Crippen molar-refractivity contribution in [1.82, 2.24) is 4.98 Å². The molecule has 0 saturated heterocycles. The Morgan fingerprint density at radius 1 is 1.23 bits per heavy atom. The molecular weight excluding hydrogens is 412 g/mol. The van der Waals surface area contributed by atoms with Gasteiger partial charge in [-0.25, -0.2) is 4.98 Å².